The Morgan fingerprint density at radius 2 is 1.76 bits per heavy atom. The first-order chi connectivity index (χ1) is 17.8. The van der Waals surface area contributed by atoms with Gasteiger partial charge < -0.3 is 4.74 Å². The molecular weight excluding hydrogens is 503 g/mol. The number of hydrogen-bond donors (Lipinski definition) is 1. The molecule has 0 spiro atoms. The zero-order chi connectivity index (χ0) is 26.4. The van der Waals surface area contributed by atoms with Crippen LogP contribution in [0, 0.1) is 6.92 Å². The molecule has 1 N–H and O–H groups in total. The van der Waals surface area contributed by atoms with E-state index in [1.54, 1.807) is 7.11 Å². The van der Waals surface area contributed by atoms with Crippen LogP contribution in [0.3, 0.4) is 0 Å². The normalized spacial score (nSPS) is 11.6. The summed E-state index contributed by atoms with van der Waals surface area (Å²) in [6.45, 7) is 1.98. The highest BCUT2D eigenvalue weighted by molar-refractivity contribution is 7.99. The van der Waals surface area contributed by atoms with Crippen LogP contribution in [0.4, 0.5) is 13.2 Å². The smallest absolute Gasteiger partial charge is 0.417 e. The van der Waals surface area contributed by atoms with Crippen LogP contribution in [0.1, 0.15) is 16.7 Å². The predicted octanol–water partition coefficient (Wildman–Crippen LogP) is 5.51. The molecule has 0 aliphatic rings. The van der Waals surface area contributed by atoms with Crippen LogP contribution in [0.25, 0.3) is 17.1 Å². The van der Waals surface area contributed by atoms with Gasteiger partial charge in [-0.15, -0.1) is 10.2 Å². The topological polar surface area (TPSA) is 81.4 Å². The van der Waals surface area contributed by atoms with E-state index in [1.165, 1.54) is 18.2 Å². The number of methoxy groups -OCH3 is 1. The van der Waals surface area contributed by atoms with E-state index in [-0.39, 0.29) is 11.3 Å². The molecular formula is C26H22F3N5O2S. The van der Waals surface area contributed by atoms with E-state index in [9.17, 15) is 18.0 Å². The zero-order valence-electron chi connectivity index (χ0n) is 19.9. The summed E-state index contributed by atoms with van der Waals surface area (Å²) < 4.78 is 46.5. The van der Waals surface area contributed by atoms with Crippen molar-refractivity contribution in [2.45, 2.75) is 18.3 Å². The number of aromatic nitrogens is 3. The molecule has 1 aromatic heterocycles. The lowest BCUT2D eigenvalue weighted by Crippen LogP contribution is -2.20. The molecule has 0 aliphatic carbocycles. The number of ether oxygens (including phenoxy) is 1. The summed E-state index contributed by atoms with van der Waals surface area (Å²) in [7, 11) is 1.59. The van der Waals surface area contributed by atoms with Crippen LogP contribution in [-0.2, 0) is 11.0 Å². The van der Waals surface area contributed by atoms with E-state index in [0.29, 0.717) is 16.7 Å². The first-order valence-electron chi connectivity index (χ1n) is 11.0. The molecule has 0 fully saturated rings. The molecule has 0 unspecified atom stereocenters. The van der Waals surface area contributed by atoms with E-state index in [4.69, 9.17) is 4.74 Å². The Bertz CT molecular complexity index is 1400. The molecule has 37 heavy (non-hydrogen) atoms. The van der Waals surface area contributed by atoms with Gasteiger partial charge in [-0.2, -0.15) is 18.3 Å². The molecule has 0 saturated heterocycles. The number of aryl methyl sites for hydroxylation is 1. The minimum absolute atomic E-state index is 0.0785. The van der Waals surface area contributed by atoms with Gasteiger partial charge in [-0.1, -0.05) is 47.7 Å². The van der Waals surface area contributed by atoms with Gasteiger partial charge in [0.2, 0.25) is 0 Å². The Hall–Kier alpha value is -4.12. The van der Waals surface area contributed by atoms with Crippen molar-refractivity contribution < 1.29 is 22.7 Å². The molecule has 0 aliphatic heterocycles. The van der Waals surface area contributed by atoms with Crippen molar-refractivity contribution in [3.63, 3.8) is 0 Å². The maximum absolute atomic E-state index is 13.1. The zero-order valence-corrected chi connectivity index (χ0v) is 20.7. The Labute approximate surface area is 215 Å². The molecule has 0 radical (unpaired) electrons. The summed E-state index contributed by atoms with van der Waals surface area (Å²) in [5.41, 5.74) is 3.99. The number of benzene rings is 3. The maximum atomic E-state index is 13.1. The Balaban J connectivity index is 1.51. The van der Waals surface area contributed by atoms with Crippen molar-refractivity contribution in [3.8, 4) is 22.8 Å². The van der Waals surface area contributed by atoms with Crippen LogP contribution in [-0.4, -0.2) is 39.7 Å². The first-order valence-corrected chi connectivity index (χ1v) is 12.0. The molecule has 4 aromatic rings. The number of hydrazone groups is 1. The van der Waals surface area contributed by atoms with E-state index in [2.05, 4.69) is 20.7 Å². The summed E-state index contributed by atoms with van der Waals surface area (Å²) in [5.74, 6) is 0.700. The Kier molecular flexibility index (Phi) is 7.92. The Morgan fingerprint density at radius 1 is 1.05 bits per heavy atom. The van der Waals surface area contributed by atoms with Crippen LogP contribution >= 0.6 is 11.8 Å². The second-order valence-corrected chi connectivity index (χ2v) is 8.82. The number of nitrogens with one attached hydrogen (secondary N) is 1. The predicted molar refractivity (Wildman–Crippen MR) is 136 cm³/mol. The van der Waals surface area contributed by atoms with Crippen molar-refractivity contribution in [2.24, 2.45) is 5.10 Å². The summed E-state index contributed by atoms with van der Waals surface area (Å²) >= 11 is 1.13. The molecule has 3 aromatic carbocycles. The molecule has 1 heterocycles. The number of amides is 1. The standard InChI is InChI=1S/C26H22F3N5O2S/c1-17-7-11-20(12-8-17)34-24(18-9-13-21(36-2)14-10-18)32-33-25(34)37-16-23(35)31-30-15-19-5-3-4-6-22(19)26(27,28)29/h3-15H,16H2,1-2H3,(H,31,35). The van der Waals surface area contributed by atoms with Crippen molar-refractivity contribution >= 4 is 23.9 Å². The van der Waals surface area contributed by atoms with E-state index in [1.807, 2.05) is 60.0 Å². The third kappa shape index (κ3) is 6.36. The third-order valence-electron chi connectivity index (χ3n) is 5.27. The van der Waals surface area contributed by atoms with Gasteiger partial charge in [0.25, 0.3) is 5.91 Å². The number of halogens is 3. The Morgan fingerprint density at radius 3 is 2.43 bits per heavy atom. The van der Waals surface area contributed by atoms with Gasteiger partial charge in [-0.3, -0.25) is 9.36 Å². The van der Waals surface area contributed by atoms with Gasteiger partial charge in [0, 0.05) is 16.8 Å². The number of nitrogens with zero attached hydrogens (tertiary/aromatic N) is 4. The van der Waals surface area contributed by atoms with Gasteiger partial charge in [0.1, 0.15) is 5.75 Å². The van der Waals surface area contributed by atoms with E-state index < -0.39 is 17.6 Å². The lowest BCUT2D eigenvalue weighted by Gasteiger charge is -2.11. The number of alkyl halides is 3. The lowest BCUT2D eigenvalue weighted by molar-refractivity contribution is -0.137. The minimum atomic E-state index is -4.52. The average molecular weight is 526 g/mol. The van der Waals surface area contributed by atoms with Crippen LogP contribution < -0.4 is 10.2 Å². The van der Waals surface area contributed by atoms with Gasteiger partial charge in [0.15, 0.2) is 11.0 Å². The second kappa shape index (κ2) is 11.3. The fourth-order valence-electron chi connectivity index (χ4n) is 3.42. The monoisotopic (exact) mass is 525 g/mol. The number of carbonyl (C=O) groups excluding carboxylic acids is 1. The minimum Gasteiger partial charge on any atom is -0.497 e. The highest BCUT2D eigenvalue weighted by atomic mass is 32.2. The van der Waals surface area contributed by atoms with Gasteiger partial charge in [-0.05, 0) is 49.4 Å². The molecule has 7 nitrogen and oxygen atoms in total. The largest absolute Gasteiger partial charge is 0.497 e. The van der Waals surface area contributed by atoms with Crippen LogP contribution in [0.15, 0.2) is 83.1 Å². The molecule has 190 valence electrons. The molecule has 11 heteroatoms. The molecule has 0 atom stereocenters. The lowest BCUT2D eigenvalue weighted by atomic mass is 10.1. The number of thioether (sulfide) groups is 1. The summed E-state index contributed by atoms with van der Waals surface area (Å²) in [6, 6.07) is 20.1. The quantitative estimate of drug-likeness (QED) is 0.186. The van der Waals surface area contributed by atoms with Crippen molar-refractivity contribution in [3.05, 3.63) is 89.5 Å². The first kappa shape index (κ1) is 26.0. The van der Waals surface area contributed by atoms with Crippen molar-refractivity contribution in [1.29, 1.82) is 0 Å². The van der Waals surface area contributed by atoms with Crippen molar-refractivity contribution in [1.82, 2.24) is 20.2 Å². The third-order valence-corrected chi connectivity index (χ3v) is 6.19. The second-order valence-electron chi connectivity index (χ2n) is 7.87. The molecule has 4 rings (SSSR count). The highest BCUT2D eigenvalue weighted by Crippen LogP contribution is 2.31. The highest BCUT2D eigenvalue weighted by Gasteiger charge is 2.32. The number of carbonyl (C=O) groups is 1. The molecule has 0 bridgehead atoms. The molecule has 1 amide bonds. The van der Waals surface area contributed by atoms with Gasteiger partial charge in [0.05, 0.1) is 24.6 Å². The maximum Gasteiger partial charge on any atom is 0.417 e. The number of hydrogen-bond acceptors (Lipinski definition) is 6. The van der Waals surface area contributed by atoms with Gasteiger partial charge >= 0.3 is 6.18 Å². The summed E-state index contributed by atoms with van der Waals surface area (Å²) in [6.07, 6.45) is -3.55. The average Bonchev–Trinajstić information content (AvgIpc) is 3.31. The van der Waals surface area contributed by atoms with E-state index in [0.717, 1.165) is 40.9 Å². The van der Waals surface area contributed by atoms with Crippen molar-refractivity contribution in [2.75, 3.05) is 12.9 Å². The molecule has 0 saturated carbocycles. The fraction of sp³-hybridized carbons (Fsp3) is 0.154. The van der Waals surface area contributed by atoms with E-state index >= 15 is 0 Å². The SMILES string of the molecule is COc1ccc(-c2nnc(SCC(=O)NN=Cc3ccccc3C(F)(F)F)n2-c2ccc(C)cc2)cc1. The van der Waals surface area contributed by atoms with Gasteiger partial charge in [-0.25, -0.2) is 5.43 Å². The fourth-order valence-corrected chi connectivity index (χ4v) is 4.17. The summed E-state index contributed by atoms with van der Waals surface area (Å²) in [4.78, 5) is 12.4. The van der Waals surface area contributed by atoms with Crippen LogP contribution in [0.5, 0.6) is 5.75 Å². The number of rotatable bonds is 8. The van der Waals surface area contributed by atoms with Crippen LogP contribution in [0.2, 0.25) is 0 Å². The summed E-state index contributed by atoms with van der Waals surface area (Å²) in [5, 5.41) is 12.8.